The molecule has 100 valence electrons. The van der Waals surface area contributed by atoms with Crippen LogP contribution in [0.15, 0.2) is 17.5 Å². The van der Waals surface area contributed by atoms with Crippen LogP contribution in [0.1, 0.15) is 18.2 Å². The molecule has 2 rings (SSSR count). The van der Waals surface area contributed by atoms with Crippen LogP contribution in [-0.2, 0) is 16.0 Å². The molecule has 1 aliphatic heterocycles. The monoisotopic (exact) mass is 270 g/mol. The van der Waals surface area contributed by atoms with Crippen LogP contribution in [0.3, 0.4) is 0 Å². The molecule has 1 aliphatic rings. The number of hydrogen-bond acceptors (Lipinski definition) is 4. The summed E-state index contributed by atoms with van der Waals surface area (Å²) in [5.41, 5.74) is 0. The van der Waals surface area contributed by atoms with E-state index < -0.39 is 5.79 Å². The van der Waals surface area contributed by atoms with Gasteiger partial charge in [-0.1, -0.05) is 6.07 Å². The van der Waals surface area contributed by atoms with Gasteiger partial charge in [-0.05, 0) is 18.4 Å². The van der Waals surface area contributed by atoms with Crippen LogP contribution in [-0.4, -0.2) is 31.6 Å². The Morgan fingerprint density at radius 3 is 2.89 bits per heavy atom. The van der Waals surface area contributed by atoms with E-state index in [0.717, 1.165) is 4.88 Å². The van der Waals surface area contributed by atoms with Crippen molar-refractivity contribution in [3.8, 4) is 0 Å². The van der Waals surface area contributed by atoms with Gasteiger partial charge >= 0.3 is 6.03 Å². The molecule has 0 atom stereocenters. The minimum atomic E-state index is -0.541. The molecule has 5 nitrogen and oxygen atoms in total. The van der Waals surface area contributed by atoms with E-state index in [-0.39, 0.29) is 6.03 Å². The summed E-state index contributed by atoms with van der Waals surface area (Å²) in [4.78, 5) is 12.7. The van der Waals surface area contributed by atoms with E-state index in [4.69, 9.17) is 9.47 Å². The van der Waals surface area contributed by atoms with E-state index in [1.165, 1.54) is 0 Å². The van der Waals surface area contributed by atoms with E-state index in [0.29, 0.717) is 32.7 Å². The van der Waals surface area contributed by atoms with Crippen molar-refractivity contribution in [3.05, 3.63) is 22.4 Å². The highest BCUT2D eigenvalue weighted by atomic mass is 32.1. The highest BCUT2D eigenvalue weighted by Gasteiger charge is 2.30. The topological polar surface area (TPSA) is 59.6 Å². The maximum absolute atomic E-state index is 11.5. The number of hydrogen-bond donors (Lipinski definition) is 2. The van der Waals surface area contributed by atoms with Crippen molar-refractivity contribution in [1.82, 2.24) is 10.6 Å². The van der Waals surface area contributed by atoms with Crippen molar-refractivity contribution in [1.29, 1.82) is 0 Å². The van der Waals surface area contributed by atoms with Crippen LogP contribution < -0.4 is 10.6 Å². The normalized spacial score (nSPS) is 17.6. The largest absolute Gasteiger partial charge is 0.348 e. The van der Waals surface area contributed by atoms with Gasteiger partial charge < -0.3 is 20.1 Å². The maximum atomic E-state index is 11.5. The van der Waals surface area contributed by atoms with Gasteiger partial charge in [0, 0.05) is 17.8 Å². The van der Waals surface area contributed by atoms with Gasteiger partial charge in [-0.3, -0.25) is 0 Å². The zero-order valence-corrected chi connectivity index (χ0v) is 11.2. The highest BCUT2D eigenvalue weighted by molar-refractivity contribution is 7.09. The van der Waals surface area contributed by atoms with Crippen LogP contribution in [0.4, 0.5) is 4.79 Å². The molecule has 2 amide bonds. The van der Waals surface area contributed by atoms with Gasteiger partial charge in [0.25, 0.3) is 0 Å². The van der Waals surface area contributed by atoms with Crippen molar-refractivity contribution < 1.29 is 14.3 Å². The molecule has 0 unspecified atom stereocenters. The Labute approximate surface area is 110 Å². The smallest absolute Gasteiger partial charge is 0.315 e. The van der Waals surface area contributed by atoms with Gasteiger partial charge in [-0.25, -0.2) is 4.79 Å². The average molecular weight is 270 g/mol. The van der Waals surface area contributed by atoms with Crippen molar-refractivity contribution in [2.24, 2.45) is 0 Å². The first-order valence-corrected chi connectivity index (χ1v) is 6.88. The van der Waals surface area contributed by atoms with E-state index in [2.05, 4.69) is 10.6 Å². The van der Waals surface area contributed by atoms with E-state index in [1.807, 2.05) is 24.4 Å². The lowest BCUT2D eigenvalue weighted by Crippen LogP contribution is -2.38. The molecule has 0 bridgehead atoms. The Morgan fingerprint density at radius 1 is 1.44 bits per heavy atom. The molecule has 18 heavy (non-hydrogen) atoms. The number of carbonyl (C=O) groups is 1. The van der Waals surface area contributed by atoms with Crippen LogP contribution in [0, 0.1) is 0 Å². The Kier molecular flexibility index (Phi) is 4.57. The molecule has 1 aromatic rings. The second-order valence-electron chi connectivity index (χ2n) is 4.27. The quantitative estimate of drug-likeness (QED) is 0.856. The standard InChI is InChI=1S/C12H18N2O3S/c1-12(16-6-7-17-12)4-5-13-11(15)14-9-10-3-2-8-18-10/h2-3,8H,4-7,9H2,1H3,(H2,13,14,15). The Balaban J connectivity index is 1.60. The molecule has 1 fully saturated rings. The van der Waals surface area contributed by atoms with Crippen molar-refractivity contribution in [3.63, 3.8) is 0 Å². The lowest BCUT2D eigenvalue weighted by Gasteiger charge is -2.22. The van der Waals surface area contributed by atoms with Gasteiger partial charge in [0.05, 0.1) is 19.8 Å². The van der Waals surface area contributed by atoms with Crippen LogP contribution >= 0.6 is 11.3 Å². The first-order valence-electron chi connectivity index (χ1n) is 6.00. The molecule has 0 radical (unpaired) electrons. The fraction of sp³-hybridized carbons (Fsp3) is 0.583. The van der Waals surface area contributed by atoms with Gasteiger partial charge in [-0.15, -0.1) is 11.3 Å². The third-order valence-corrected chi connectivity index (χ3v) is 3.64. The molecule has 6 heteroatoms. The number of rotatable bonds is 5. The number of thiophene rings is 1. The first kappa shape index (κ1) is 13.3. The molecular weight excluding hydrogens is 252 g/mol. The first-order chi connectivity index (χ1) is 8.68. The second kappa shape index (κ2) is 6.17. The Morgan fingerprint density at radius 2 is 2.22 bits per heavy atom. The summed E-state index contributed by atoms with van der Waals surface area (Å²) in [5.74, 6) is -0.541. The molecule has 1 saturated heterocycles. The van der Waals surface area contributed by atoms with Crippen molar-refractivity contribution in [2.45, 2.75) is 25.7 Å². The van der Waals surface area contributed by atoms with Gasteiger partial charge in [0.15, 0.2) is 5.79 Å². The SMILES string of the molecule is CC1(CCNC(=O)NCc2cccs2)OCCO1. The predicted molar refractivity (Wildman–Crippen MR) is 69.5 cm³/mol. The molecular formula is C12H18N2O3S. The summed E-state index contributed by atoms with van der Waals surface area (Å²) < 4.78 is 10.9. The second-order valence-corrected chi connectivity index (χ2v) is 5.30. The molecule has 2 N–H and O–H groups in total. The minimum absolute atomic E-state index is 0.162. The fourth-order valence-electron chi connectivity index (χ4n) is 1.75. The Hall–Kier alpha value is -1.11. The number of carbonyl (C=O) groups excluding carboxylic acids is 1. The zero-order valence-electron chi connectivity index (χ0n) is 10.4. The van der Waals surface area contributed by atoms with Crippen LogP contribution in [0.2, 0.25) is 0 Å². The fourth-order valence-corrected chi connectivity index (χ4v) is 2.39. The van der Waals surface area contributed by atoms with Gasteiger partial charge in [0.2, 0.25) is 0 Å². The zero-order chi connectivity index (χ0) is 12.8. The number of urea groups is 1. The summed E-state index contributed by atoms with van der Waals surface area (Å²) in [6, 6.07) is 3.80. The van der Waals surface area contributed by atoms with Crippen molar-refractivity contribution in [2.75, 3.05) is 19.8 Å². The minimum Gasteiger partial charge on any atom is -0.348 e. The molecule has 2 heterocycles. The lowest BCUT2D eigenvalue weighted by molar-refractivity contribution is -0.145. The highest BCUT2D eigenvalue weighted by Crippen LogP contribution is 2.21. The van der Waals surface area contributed by atoms with Gasteiger partial charge in [0.1, 0.15) is 0 Å². The number of amides is 2. The lowest BCUT2D eigenvalue weighted by atomic mass is 10.2. The summed E-state index contributed by atoms with van der Waals surface area (Å²) in [5, 5.41) is 7.58. The van der Waals surface area contributed by atoms with Crippen molar-refractivity contribution >= 4 is 17.4 Å². The van der Waals surface area contributed by atoms with E-state index in [1.54, 1.807) is 11.3 Å². The molecule has 0 aliphatic carbocycles. The van der Waals surface area contributed by atoms with E-state index in [9.17, 15) is 4.79 Å². The predicted octanol–water partition coefficient (Wildman–Crippen LogP) is 1.70. The van der Waals surface area contributed by atoms with Crippen LogP contribution in [0.5, 0.6) is 0 Å². The molecule has 0 spiro atoms. The van der Waals surface area contributed by atoms with Crippen LogP contribution in [0.25, 0.3) is 0 Å². The third kappa shape index (κ3) is 3.97. The summed E-state index contributed by atoms with van der Waals surface area (Å²) in [6.45, 7) is 4.24. The molecule has 1 aromatic heterocycles. The Bertz CT molecular complexity index is 375. The average Bonchev–Trinajstić information content (AvgIpc) is 2.98. The van der Waals surface area contributed by atoms with Gasteiger partial charge in [-0.2, -0.15) is 0 Å². The summed E-state index contributed by atoms with van der Waals surface area (Å²) >= 11 is 1.63. The summed E-state index contributed by atoms with van der Waals surface area (Å²) in [6.07, 6.45) is 0.652. The molecule has 0 aromatic carbocycles. The summed E-state index contributed by atoms with van der Waals surface area (Å²) in [7, 11) is 0. The van der Waals surface area contributed by atoms with E-state index >= 15 is 0 Å². The third-order valence-electron chi connectivity index (χ3n) is 2.77. The molecule has 0 saturated carbocycles. The maximum Gasteiger partial charge on any atom is 0.315 e. The number of ether oxygens (including phenoxy) is 2. The number of nitrogens with one attached hydrogen (secondary N) is 2.